The summed E-state index contributed by atoms with van der Waals surface area (Å²) in [5.41, 5.74) is 0. The van der Waals surface area contributed by atoms with Gasteiger partial charge in [0.2, 0.25) is 0 Å². The third kappa shape index (κ3) is 2.77. The van der Waals surface area contributed by atoms with E-state index >= 15 is 0 Å². The number of sulfone groups is 1. The van der Waals surface area contributed by atoms with Gasteiger partial charge >= 0.3 is 0 Å². The van der Waals surface area contributed by atoms with E-state index in [1.54, 1.807) is 18.3 Å². The lowest BCUT2D eigenvalue weighted by Gasteiger charge is -2.32. The van der Waals surface area contributed by atoms with Crippen LogP contribution >= 0.6 is 0 Å². The zero-order valence-corrected chi connectivity index (χ0v) is 11.1. The third-order valence-electron chi connectivity index (χ3n) is 3.11. The third-order valence-corrected chi connectivity index (χ3v) is 4.22. The van der Waals surface area contributed by atoms with Crippen LogP contribution in [0.5, 0.6) is 0 Å². The van der Waals surface area contributed by atoms with Crippen molar-refractivity contribution in [1.29, 1.82) is 0 Å². The van der Waals surface area contributed by atoms with Crippen LogP contribution in [-0.4, -0.2) is 32.7 Å². The molecule has 0 bridgehead atoms. The molecule has 0 spiro atoms. The van der Waals surface area contributed by atoms with Crippen molar-refractivity contribution in [2.75, 3.05) is 24.2 Å². The normalized spacial score (nSPS) is 21.5. The highest BCUT2D eigenvalue weighted by molar-refractivity contribution is 7.90. The fourth-order valence-electron chi connectivity index (χ4n) is 2.29. The lowest BCUT2D eigenvalue weighted by atomic mass is 10.0. The molecule has 0 aromatic carbocycles. The molecule has 0 saturated carbocycles. The summed E-state index contributed by atoms with van der Waals surface area (Å²) in [4.78, 5) is 6.68. The minimum absolute atomic E-state index is 0.342. The van der Waals surface area contributed by atoms with Crippen molar-refractivity contribution in [3.63, 3.8) is 0 Å². The first-order chi connectivity index (χ1) is 7.98. The molecule has 0 aliphatic carbocycles. The Morgan fingerprint density at radius 2 is 2.24 bits per heavy atom. The maximum Gasteiger partial charge on any atom is 0.179 e. The van der Waals surface area contributed by atoms with E-state index in [9.17, 15) is 8.42 Å². The van der Waals surface area contributed by atoms with E-state index in [0.717, 1.165) is 19.5 Å². The zero-order valence-electron chi connectivity index (χ0n) is 10.3. The van der Waals surface area contributed by atoms with Crippen molar-refractivity contribution in [3.8, 4) is 0 Å². The predicted octanol–water partition coefficient (Wildman–Crippen LogP) is 1.72. The van der Waals surface area contributed by atoms with E-state index in [-0.39, 0.29) is 0 Å². The Balaban J connectivity index is 2.38. The highest BCUT2D eigenvalue weighted by Gasteiger charge is 2.23. The van der Waals surface area contributed by atoms with Gasteiger partial charge in [-0.25, -0.2) is 13.4 Å². The van der Waals surface area contributed by atoms with Crippen LogP contribution < -0.4 is 4.90 Å². The Bertz CT molecular complexity index is 499. The monoisotopic (exact) mass is 254 g/mol. The van der Waals surface area contributed by atoms with Crippen molar-refractivity contribution in [2.24, 2.45) is 5.92 Å². The number of pyridine rings is 1. The summed E-state index contributed by atoms with van der Waals surface area (Å²) >= 11 is 0. The van der Waals surface area contributed by atoms with Crippen LogP contribution in [0.2, 0.25) is 0 Å². The maximum absolute atomic E-state index is 11.7. The van der Waals surface area contributed by atoms with Gasteiger partial charge in [-0.2, -0.15) is 0 Å². The molecule has 1 aliphatic heterocycles. The smallest absolute Gasteiger partial charge is 0.179 e. The second-order valence-electron chi connectivity index (χ2n) is 4.79. The summed E-state index contributed by atoms with van der Waals surface area (Å²) in [6.07, 6.45) is 5.20. The van der Waals surface area contributed by atoms with Crippen molar-refractivity contribution in [1.82, 2.24) is 4.98 Å². The largest absolute Gasteiger partial charge is 0.355 e. The van der Waals surface area contributed by atoms with Crippen LogP contribution in [0.4, 0.5) is 5.82 Å². The lowest BCUT2D eigenvalue weighted by molar-refractivity contribution is 0.442. The average molecular weight is 254 g/mol. The van der Waals surface area contributed by atoms with E-state index in [0.29, 0.717) is 16.6 Å². The first-order valence-electron chi connectivity index (χ1n) is 5.88. The van der Waals surface area contributed by atoms with Gasteiger partial charge in [0.15, 0.2) is 9.84 Å². The van der Waals surface area contributed by atoms with E-state index < -0.39 is 9.84 Å². The summed E-state index contributed by atoms with van der Waals surface area (Å²) in [7, 11) is -3.20. The number of hydrogen-bond donors (Lipinski definition) is 0. The van der Waals surface area contributed by atoms with Crippen molar-refractivity contribution in [2.45, 2.75) is 24.7 Å². The van der Waals surface area contributed by atoms with E-state index in [4.69, 9.17) is 0 Å². The van der Waals surface area contributed by atoms with Gasteiger partial charge in [0, 0.05) is 25.5 Å². The van der Waals surface area contributed by atoms with Crippen LogP contribution in [0.3, 0.4) is 0 Å². The molecule has 94 valence electrons. The molecule has 5 heteroatoms. The number of hydrogen-bond acceptors (Lipinski definition) is 4. The van der Waals surface area contributed by atoms with Gasteiger partial charge in [0.25, 0.3) is 0 Å². The molecule has 2 rings (SSSR count). The van der Waals surface area contributed by atoms with Gasteiger partial charge < -0.3 is 4.90 Å². The molecule has 0 N–H and O–H groups in total. The summed E-state index contributed by atoms with van der Waals surface area (Å²) in [6.45, 7) is 3.97. The number of aromatic nitrogens is 1. The second kappa shape index (κ2) is 4.64. The minimum atomic E-state index is -3.20. The van der Waals surface area contributed by atoms with Crippen molar-refractivity contribution in [3.05, 3.63) is 18.3 Å². The lowest BCUT2D eigenvalue weighted by Crippen LogP contribution is -2.35. The summed E-state index contributed by atoms with van der Waals surface area (Å²) < 4.78 is 23.4. The molecule has 1 atom stereocenters. The maximum atomic E-state index is 11.7. The van der Waals surface area contributed by atoms with Gasteiger partial charge in [-0.15, -0.1) is 0 Å². The number of nitrogens with zero attached hydrogens (tertiary/aromatic N) is 2. The standard InChI is InChI=1S/C12H18N2O2S/c1-10-5-4-8-14(9-10)12-11(17(2,15)16)6-3-7-13-12/h3,6-7,10H,4-5,8-9H2,1-2H3. The molecular formula is C12H18N2O2S. The predicted molar refractivity (Wildman–Crippen MR) is 68.0 cm³/mol. The topological polar surface area (TPSA) is 50.3 Å². The molecule has 0 radical (unpaired) electrons. The fraction of sp³-hybridized carbons (Fsp3) is 0.583. The van der Waals surface area contributed by atoms with Gasteiger partial charge in [0.1, 0.15) is 10.7 Å². The van der Waals surface area contributed by atoms with Gasteiger partial charge in [-0.05, 0) is 30.9 Å². The summed E-state index contributed by atoms with van der Waals surface area (Å²) in [5, 5.41) is 0. The Kier molecular flexibility index (Phi) is 3.38. The minimum Gasteiger partial charge on any atom is -0.355 e. The quantitative estimate of drug-likeness (QED) is 0.806. The fourth-order valence-corrected chi connectivity index (χ4v) is 3.13. The van der Waals surface area contributed by atoms with Crippen molar-refractivity contribution >= 4 is 15.7 Å². The Hall–Kier alpha value is -1.10. The molecule has 4 nitrogen and oxygen atoms in total. The van der Waals surface area contributed by atoms with Crippen molar-refractivity contribution < 1.29 is 8.42 Å². The van der Waals surface area contributed by atoms with E-state index in [1.165, 1.54) is 12.7 Å². The second-order valence-corrected chi connectivity index (χ2v) is 6.77. The van der Waals surface area contributed by atoms with Crippen LogP contribution in [-0.2, 0) is 9.84 Å². The van der Waals surface area contributed by atoms with Crippen LogP contribution in [0, 0.1) is 5.92 Å². The molecule has 1 aliphatic rings. The van der Waals surface area contributed by atoms with Crippen LogP contribution in [0.1, 0.15) is 19.8 Å². The SMILES string of the molecule is CC1CCCN(c2ncccc2S(C)(=O)=O)C1. The first kappa shape index (κ1) is 12.4. The molecule has 1 saturated heterocycles. The Morgan fingerprint density at radius 3 is 2.88 bits per heavy atom. The average Bonchev–Trinajstić information content (AvgIpc) is 2.28. The molecule has 2 heterocycles. The molecule has 0 amide bonds. The van der Waals surface area contributed by atoms with E-state index in [2.05, 4.69) is 16.8 Å². The zero-order chi connectivity index (χ0) is 12.5. The van der Waals surface area contributed by atoms with E-state index in [1.807, 2.05) is 0 Å². The molecule has 1 aromatic rings. The molecule has 17 heavy (non-hydrogen) atoms. The molecule has 1 aromatic heterocycles. The van der Waals surface area contributed by atoms with Gasteiger partial charge in [-0.1, -0.05) is 6.92 Å². The molecule has 1 unspecified atom stereocenters. The first-order valence-corrected chi connectivity index (χ1v) is 7.77. The van der Waals surface area contributed by atoms with Gasteiger partial charge in [-0.3, -0.25) is 0 Å². The molecular weight excluding hydrogens is 236 g/mol. The molecule has 1 fully saturated rings. The summed E-state index contributed by atoms with van der Waals surface area (Å²) in [5.74, 6) is 1.21. The highest BCUT2D eigenvalue weighted by Crippen LogP contribution is 2.26. The van der Waals surface area contributed by atoms with Crippen LogP contribution in [0.25, 0.3) is 0 Å². The highest BCUT2D eigenvalue weighted by atomic mass is 32.2. The Labute approximate surface area is 103 Å². The van der Waals surface area contributed by atoms with Crippen LogP contribution in [0.15, 0.2) is 23.2 Å². The number of rotatable bonds is 2. The van der Waals surface area contributed by atoms with Gasteiger partial charge in [0.05, 0.1) is 0 Å². The number of piperidine rings is 1. The number of anilines is 1. The summed E-state index contributed by atoms with van der Waals surface area (Å²) in [6, 6.07) is 3.31. The Morgan fingerprint density at radius 1 is 1.47 bits per heavy atom.